The lowest BCUT2D eigenvalue weighted by Crippen LogP contribution is -2.37. The average Bonchev–Trinajstić information content (AvgIpc) is 3.32. The number of morpholine rings is 1. The summed E-state index contributed by atoms with van der Waals surface area (Å²) < 4.78 is 34.7. The second-order valence-electron chi connectivity index (χ2n) is 7.06. The van der Waals surface area contributed by atoms with Gasteiger partial charge in [0.05, 0.1) is 23.8 Å². The van der Waals surface area contributed by atoms with Crippen molar-refractivity contribution in [3.63, 3.8) is 0 Å². The highest BCUT2D eigenvalue weighted by Crippen LogP contribution is 2.16. The van der Waals surface area contributed by atoms with Crippen LogP contribution in [0, 0.1) is 6.92 Å². The van der Waals surface area contributed by atoms with Crippen molar-refractivity contribution in [3.8, 4) is 5.69 Å². The molecule has 164 valence electrons. The molecule has 1 aromatic carbocycles. The van der Waals surface area contributed by atoms with Crippen molar-refractivity contribution >= 4 is 21.8 Å². The van der Waals surface area contributed by atoms with E-state index in [-0.39, 0.29) is 11.4 Å². The van der Waals surface area contributed by atoms with Gasteiger partial charge in [-0.2, -0.15) is 10.1 Å². The predicted octanol–water partition coefficient (Wildman–Crippen LogP) is 1.20. The van der Waals surface area contributed by atoms with Crippen LogP contribution in [0.15, 0.2) is 53.7 Å². The molecule has 2 N–H and O–H groups in total. The maximum absolute atomic E-state index is 12.5. The Hall–Kier alpha value is -3.02. The first-order valence-electron chi connectivity index (χ1n) is 10.0. The number of aromatic nitrogens is 4. The van der Waals surface area contributed by atoms with Gasteiger partial charge < -0.3 is 15.0 Å². The lowest BCUT2D eigenvalue weighted by molar-refractivity contribution is 0.122. The van der Waals surface area contributed by atoms with Gasteiger partial charge in [0.2, 0.25) is 16.0 Å². The smallest absolute Gasteiger partial charge is 0.240 e. The molecule has 0 amide bonds. The lowest BCUT2D eigenvalue weighted by atomic mass is 10.3. The van der Waals surface area contributed by atoms with Crippen LogP contribution >= 0.6 is 0 Å². The van der Waals surface area contributed by atoms with E-state index in [2.05, 4.69) is 30.0 Å². The van der Waals surface area contributed by atoms with Gasteiger partial charge in [0.1, 0.15) is 5.82 Å². The molecule has 11 heteroatoms. The van der Waals surface area contributed by atoms with Gasteiger partial charge in [0, 0.05) is 50.3 Å². The Morgan fingerprint density at radius 3 is 2.58 bits per heavy atom. The summed E-state index contributed by atoms with van der Waals surface area (Å²) in [6, 6.07) is 10.3. The highest BCUT2D eigenvalue weighted by molar-refractivity contribution is 7.89. The molecule has 3 aromatic rings. The number of hydrogen-bond acceptors (Lipinski definition) is 8. The first kappa shape index (κ1) is 21.2. The molecule has 4 rings (SSSR count). The van der Waals surface area contributed by atoms with E-state index in [1.165, 1.54) is 0 Å². The van der Waals surface area contributed by atoms with E-state index in [4.69, 9.17) is 4.74 Å². The minimum atomic E-state index is -3.62. The molecule has 0 bridgehead atoms. The maximum atomic E-state index is 12.5. The molecule has 1 saturated heterocycles. The summed E-state index contributed by atoms with van der Waals surface area (Å²) in [7, 11) is -3.62. The highest BCUT2D eigenvalue weighted by atomic mass is 32.2. The summed E-state index contributed by atoms with van der Waals surface area (Å²) in [5.74, 6) is 1.32. The van der Waals surface area contributed by atoms with E-state index in [1.54, 1.807) is 47.4 Å². The first-order valence-corrected chi connectivity index (χ1v) is 11.5. The Bertz CT molecular complexity index is 1100. The normalized spacial score (nSPS) is 14.5. The van der Waals surface area contributed by atoms with Crippen molar-refractivity contribution in [2.75, 3.05) is 49.6 Å². The number of nitrogens with zero attached hydrogens (tertiary/aromatic N) is 5. The second-order valence-corrected chi connectivity index (χ2v) is 8.83. The Morgan fingerprint density at radius 2 is 1.87 bits per heavy atom. The third kappa shape index (κ3) is 5.37. The van der Waals surface area contributed by atoms with E-state index in [0.29, 0.717) is 25.7 Å². The fourth-order valence-corrected chi connectivity index (χ4v) is 4.26. The van der Waals surface area contributed by atoms with Gasteiger partial charge in [-0.3, -0.25) is 0 Å². The Balaban J connectivity index is 1.32. The van der Waals surface area contributed by atoms with Crippen molar-refractivity contribution in [1.29, 1.82) is 0 Å². The number of hydrogen-bond donors (Lipinski definition) is 2. The molecule has 1 aliphatic heterocycles. The van der Waals surface area contributed by atoms with Crippen molar-refractivity contribution in [3.05, 3.63) is 54.5 Å². The van der Waals surface area contributed by atoms with E-state index in [9.17, 15) is 8.42 Å². The van der Waals surface area contributed by atoms with Crippen LogP contribution in [0.1, 0.15) is 5.69 Å². The fraction of sp³-hybridized carbons (Fsp3) is 0.350. The quantitative estimate of drug-likeness (QED) is 0.499. The molecule has 0 atom stereocenters. The maximum Gasteiger partial charge on any atom is 0.240 e. The monoisotopic (exact) mass is 443 g/mol. The number of aryl methyl sites for hydroxylation is 1. The van der Waals surface area contributed by atoms with Crippen LogP contribution in [-0.2, 0) is 14.8 Å². The number of sulfonamides is 1. The third-order valence-corrected chi connectivity index (χ3v) is 6.27. The third-order valence-electron chi connectivity index (χ3n) is 4.79. The topological polar surface area (TPSA) is 114 Å². The number of benzene rings is 1. The molecular weight excluding hydrogens is 418 g/mol. The summed E-state index contributed by atoms with van der Waals surface area (Å²) in [4.78, 5) is 11.3. The first-order chi connectivity index (χ1) is 15.0. The molecule has 0 radical (unpaired) electrons. The zero-order chi connectivity index (χ0) is 21.7. The van der Waals surface area contributed by atoms with Crippen LogP contribution in [0.5, 0.6) is 0 Å². The zero-order valence-electron chi connectivity index (χ0n) is 17.2. The average molecular weight is 444 g/mol. The highest BCUT2D eigenvalue weighted by Gasteiger charge is 2.15. The second kappa shape index (κ2) is 9.41. The molecule has 0 saturated carbocycles. The van der Waals surface area contributed by atoms with Crippen molar-refractivity contribution in [2.24, 2.45) is 0 Å². The van der Waals surface area contributed by atoms with Gasteiger partial charge in [0.25, 0.3) is 0 Å². The SMILES string of the molecule is Cc1cc(N2CCOCC2)nc(NCCNS(=O)(=O)c2ccc(-n3cccn3)cc2)n1. The van der Waals surface area contributed by atoms with Gasteiger partial charge in [-0.25, -0.2) is 22.8 Å². The Kier molecular flexibility index (Phi) is 6.44. The molecule has 1 fully saturated rings. The van der Waals surface area contributed by atoms with Crippen LogP contribution in [0.2, 0.25) is 0 Å². The van der Waals surface area contributed by atoms with Crippen molar-refractivity contribution in [2.45, 2.75) is 11.8 Å². The van der Waals surface area contributed by atoms with Gasteiger partial charge >= 0.3 is 0 Å². The molecule has 31 heavy (non-hydrogen) atoms. The van der Waals surface area contributed by atoms with E-state index < -0.39 is 10.0 Å². The van der Waals surface area contributed by atoms with Crippen LogP contribution in [0.25, 0.3) is 5.69 Å². The van der Waals surface area contributed by atoms with Gasteiger partial charge in [-0.05, 0) is 37.3 Å². The van der Waals surface area contributed by atoms with Gasteiger partial charge in [-0.15, -0.1) is 0 Å². The van der Waals surface area contributed by atoms with Crippen molar-refractivity contribution in [1.82, 2.24) is 24.5 Å². The van der Waals surface area contributed by atoms with Gasteiger partial charge in [-0.1, -0.05) is 0 Å². The van der Waals surface area contributed by atoms with Crippen LogP contribution in [0.4, 0.5) is 11.8 Å². The minimum absolute atomic E-state index is 0.199. The number of rotatable bonds is 8. The standard InChI is InChI=1S/C20H25N7O3S/c1-16-15-19(26-11-13-30-14-12-26)25-20(24-16)21-8-9-23-31(28,29)18-5-3-17(4-6-18)27-10-2-7-22-27/h2-7,10,15,23H,8-9,11-14H2,1H3,(H,21,24,25). The fourth-order valence-electron chi connectivity index (χ4n) is 3.23. The molecule has 1 aliphatic rings. The van der Waals surface area contributed by atoms with Gasteiger partial charge in [0.15, 0.2) is 0 Å². The lowest BCUT2D eigenvalue weighted by Gasteiger charge is -2.28. The number of anilines is 2. The zero-order valence-corrected chi connectivity index (χ0v) is 18.0. The predicted molar refractivity (Wildman–Crippen MR) is 117 cm³/mol. The number of ether oxygens (including phenoxy) is 1. The molecular formula is C20H25N7O3S. The van der Waals surface area contributed by atoms with E-state index >= 15 is 0 Å². The van der Waals surface area contributed by atoms with Crippen LogP contribution in [-0.4, -0.2) is 67.6 Å². The summed E-state index contributed by atoms with van der Waals surface area (Å²) in [6.07, 6.45) is 3.46. The Morgan fingerprint density at radius 1 is 1.10 bits per heavy atom. The summed E-state index contributed by atoms with van der Waals surface area (Å²) in [5.41, 5.74) is 1.63. The van der Waals surface area contributed by atoms with Crippen LogP contribution in [0.3, 0.4) is 0 Å². The number of nitrogens with one attached hydrogen (secondary N) is 2. The van der Waals surface area contributed by atoms with Crippen molar-refractivity contribution < 1.29 is 13.2 Å². The Labute approximate surface area is 181 Å². The summed E-state index contributed by atoms with van der Waals surface area (Å²) in [5, 5.41) is 7.23. The molecule has 10 nitrogen and oxygen atoms in total. The molecule has 2 aromatic heterocycles. The summed E-state index contributed by atoms with van der Waals surface area (Å²) >= 11 is 0. The molecule has 0 unspecified atom stereocenters. The largest absolute Gasteiger partial charge is 0.378 e. The molecule has 3 heterocycles. The van der Waals surface area contributed by atoms with Crippen LogP contribution < -0.4 is 14.9 Å². The minimum Gasteiger partial charge on any atom is -0.378 e. The summed E-state index contributed by atoms with van der Waals surface area (Å²) in [6.45, 7) is 5.40. The molecule has 0 aliphatic carbocycles. The van der Waals surface area contributed by atoms with E-state index in [0.717, 1.165) is 30.3 Å². The van der Waals surface area contributed by atoms with E-state index in [1.807, 2.05) is 13.0 Å². The molecule has 0 spiro atoms.